The van der Waals surface area contributed by atoms with Gasteiger partial charge in [-0.2, -0.15) is 0 Å². The van der Waals surface area contributed by atoms with Gasteiger partial charge in [-0.25, -0.2) is 0 Å². The van der Waals surface area contributed by atoms with Crippen LogP contribution in [0.2, 0.25) is 0 Å². The molecule has 0 aliphatic heterocycles. The van der Waals surface area contributed by atoms with Gasteiger partial charge in [-0.1, -0.05) is 24.3 Å². The first-order valence-electron chi connectivity index (χ1n) is 7.82. The van der Waals surface area contributed by atoms with Crippen molar-refractivity contribution in [2.75, 3.05) is 6.54 Å². The molecular formula is C17H24N2O. The number of hydrogen-bond donors (Lipinski definition) is 2. The van der Waals surface area contributed by atoms with E-state index in [1.165, 1.54) is 25.7 Å². The zero-order valence-corrected chi connectivity index (χ0v) is 12.0. The van der Waals surface area contributed by atoms with Crippen LogP contribution < -0.4 is 11.1 Å². The molecular weight excluding hydrogens is 248 g/mol. The van der Waals surface area contributed by atoms with Crippen molar-refractivity contribution in [3.05, 3.63) is 35.4 Å². The average Bonchev–Trinajstić information content (AvgIpc) is 2.69. The molecule has 1 amide bonds. The Balaban J connectivity index is 1.62. The van der Waals surface area contributed by atoms with Gasteiger partial charge in [-0.05, 0) is 61.6 Å². The highest BCUT2D eigenvalue weighted by molar-refractivity contribution is 5.73. The van der Waals surface area contributed by atoms with Gasteiger partial charge in [-0.15, -0.1) is 0 Å². The number of primary amides is 1. The molecule has 3 rings (SSSR count). The van der Waals surface area contributed by atoms with Crippen molar-refractivity contribution in [3.63, 3.8) is 0 Å². The first kappa shape index (κ1) is 13.6. The first-order chi connectivity index (χ1) is 9.74. The molecule has 0 saturated heterocycles. The third-order valence-electron chi connectivity index (χ3n) is 4.99. The van der Waals surface area contributed by atoms with Crippen LogP contribution in [0.4, 0.5) is 0 Å². The smallest absolute Gasteiger partial charge is 0.217 e. The molecule has 3 N–H and O–H groups in total. The van der Waals surface area contributed by atoms with E-state index >= 15 is 0 Å². The van der Waals surface area contributed by atoms with Gasteiger partial charge in [0.15, 0.2) is 0 Å². The lowest BCUT2D eigenvalue weighted by Gasteiger charge is -2.23. The highest BCUT2D eigenvalue weighted by Gasteiger charge is 2.38. The van der Waals surface area contributed by atoms with Crippen LogP contribution in [0.25, 0.3) is 0 Å². The van der Waals surface area contributed by atoms with E-state index in [2.05, 4.69) is 29.6 Å². The molecule has 3 nitrogen and oxygen atoms in total. The number of nitrogens with one attached hydrogen (secondary N) is 1. The van der Waals surface area contributed by atoms with E-state index in [1.807, 2.05) is 0 Å². The summed E-state index contributed by atoms with van der Waals surface area (Å²) in [5.41, 5.74) is 8.28. The van der Waals surface area contributed by atoms with Gasteiger partial charge in [0.2, 0.25) is 5.91 Å². The van der Waals surface area contributed by atoms with E-state index in [9.17, 15) is 4.79 Å². The van der Waals surface area contributed by atoms with E-state index in [0.29, 0.717) is 12.5 Å². The van der Waals surface area contributed by atoms with E-state index in [0.717, 1.165) is 24.8 Å². The summed E-state index contributed by atoms with van der Waals surface area (Å²) in [6.45, 7) is 0.914. The minimum absolute atomic E-state index is 0.192. The Hall–Kier alpha value is -1.35. The standard InChI is InChI=1S/C17H24N2O/c18-16(20)6-3-9-19-17-14-7-8-15(17)11-13-5-2-1-4-12(13)10-14/h1-2,4-5,14-15,17,19H,3,6-11H2,(H2,18,20). The number of fused-ring (bicyclic) bond motifs is 3. The topological polar surface area (TPSA) is 55.1 Å². The Morgan fingerprint density at radius 1 is 1.15 bits per heavy atom. The molecule has 2 unspecified atom stereocenters. The van der Waals surface area contributed by atoms with Crippen LogP contribution in [0.3, 0.4) is 0 Å². The number of carbonyl (C=O) groups is 1. The molecule has 1 aromatic rings. The largest absolute Gasteiger partial charge is 0.370 e. The highest BCUT2D eigenvalue weighted by atomic mass is 16.1. The number of hydrogen-bond acceptors (Lipinski definition) is 2. The van der Waals surface area contributed by atoms with Gasteiger partial charge >= 0.3 is 0 Å². The van der Waals surface area contributed by atoms with Gasteiger partial charge in [0.1, 0.15) is 0 Å². The fourth-order valence-electron chi connectivity index (χ4n) is 4.02. The molecule has 0 aromatic heterocycles. The number of carbonyl (C=O) groups excluding carboxylic acids is 1. The molecule has 2 bridgehead atoms. The van der Waals surface area contributed by atoms with Crippen LogP contribution in [0, 0.1) is 11.8 Å². The second-order valence-corrected chi connectivity index (χ2v) is 6.32. The maximum absolute atomic E-state index is 10.8. The quantitative estimate of drug-likeness (QED) is 0.806. The summed E-state index contributed by atoms with van der Waals surface area (Å²) < 4.78 is 0. The van der Waals surface area contributed by atoms with Crippen molar-refractivity contribution in [1.29, 1.82) is 0 Å². The first-order valence-corrected chi connectivity index (χ1v) is 7.82. The Morgan fingerprint density at radius 3 is 2.30 bits per heavy atom. The van der Waals surface area contributed by atoms with Crippen molar-refractivity contribution >= 4 is 5.91 Å². The molecule has 0 radical (unpaired) electrons. The predicted molar refractivity (Wildman–Crippen MR) is 80.3 cm³/mol. The van der Waals surface area contributed by atoms with Gasteiger partial charge < -0.3 is 11.1 Å². The average molecular weight is 272 g/mol. The van der Waals surface area contributed by atoms with Crippen LogP contribution in [0.1, 0.15) is 36.8 Å². The third kappa shape index (κ3) is 2.88. The number of amides is 1. The fourth-order valence-corrected chi connectivity index (χ4v) is 4.02. The summed E-state index contributed by atoms with van der Waals surface area (Å²) in [6, 6.07) is 9.52. The van der Waals surface area contributed by atoms with Crippen molar-refractivity contribution in [3.8, 4) is 0 Å². The Labute approximate surface area is 120 Å². The van der Waals surface area contributed by atoms with Crippen molar-refractivity contribution < 1.29 is 4.79 Å². The molecule has 0 spiro atoms. The SMILES string of the molecule is NC(=O)CCCNC1C2CCC1Cc1ccccc1C2. The highest BCUT2D eigenvalue weighted by Crippen LogP contribution is 2.39. The van der Waals surface area contributed by atoms with E-state index < -0.39 is 0 Å². The molecule has 2 aliphatic rings. The molecule has 20 heavy (non-hydrogen) atoms. The number of rotatable bonds is 5. The maximum atomic E-state index is 10.8. The predicted octanol–water partition coefficient (Wildman–Crippen LogP) is 2.04. The van der Waals surface area contributed by atoms with Crippen molar-refractivity contribution in [2.24, 2.45) is 17.6 Å². The van der Waals surface area contributed by atoms with Crippen LogP contribution >= 0.6 is 0 Å². The van der Waals surface area contributed by atoms with E-state index in [4.69, 9.17) is 5.73 Å². The molecule has 3 heteroatoms. The van der Waals surface area contributed by atoms with Crippen molar-refractivity contribution in [1.82, 2.24) is 5.32 Å². The Kier molecular flexibility index (Phi) is 4.06. The second kappa shape index (κ2) is 5.96. The Bertz CT molecular complexity index is 453. The monoisotopic (exact) mass is 272 g/mol. The van der Waals surface area contributed by atoms with Crippen LogP contribution in [-0.2, 0) is 17.6 Å². The zero-order valence-electron chi connectivity index (χ0n) is 12.0. The lowest BCUT2D eigenvalue weighted by Crippen LogP contribution is -2.38. The summed E-state index contributed by atoms with van der Waals surface area (Å²) >= 11 is 0. The van der Waals surface area contributed by atoms with Gasteiger partial charge in [0, 0.05) is 12.5 Å². The summed E-state index contributed by atoms with van der Waals surface area (Å²) in [6.07, 6.45) is 6.45. The maximum Gasteiger partial charge on any atom is 0.217 e. The summed E-state index contributed by atoms with van der Waals surface area (Å²) in [4.78, 5) is 10.8. The van der Waals surface area contributed by atoms with Crippen molar-refractivity contribution in [2.45, 2.75) is 44.6 Å². The lowest BCUT2D eigenvalue weighted by atomic mass is 9.94. The molecule has 1 fully saturated rings. The Morgan fingerprint density at radius 2 is 1.75 bits per heavy atom. The molecule has 2 atom stereocenters. The normalized spacial score (nSPS) is 27.9. The number of nitrogens with two attached hydrogens (primary N) is 1. The van der Waals surface area contributed by atoms with Gasteiger partial charge in [0.25, 0.3) is 0 Å². The minimum atomic E-state index is -0.192. The van der Waals surface area contributed by atoms with Crippen LogP contribution in [0.15, 0.2) is 24.3 Å². The fraction of sp³-hybridized carbons (Fsp3) is 0.588. The number of benzene rings is 1. The van der Waals surface area contributed by atoms with E-state index in [1.54, 1.807) is 11.1 Å². The van der Waals surface area contributed by atoms with E-state index in [-0.39, 0.29) is 5.91 Å². The van der Waals surface area contributed by atoms with Gasteiger partial charge in [0.05, 0.1) is 0 Å². The molecule has 1 saturated carbocycles. The molecule has 108 valence electrons. The minimum Gasteiger partial charge on any atom is -0.370 e. The molecule has 2 aliphatic carbocycles. The summed E-state index contributed by atoms with van der Waals surface area (Å²) in [5.74, 6) is 1.33. The summed E-state index contributed by atoms with van der Waals surface area (Å²) in [7, 11) is 0. The van der Waals surface area contributed by atoms with Crippen LogP contribution in [0.5, 0.6) is 0 Å². The van der Waals surface area contributed by atoms with Gasteiger partial charge in [-0.3, -0.25) is 4.79 Å². The van der Waals surface area contributed by atoms with Crippen LogP contribution in [-0.4, -0.2) is 18.5 Å². The summed E-state index contributed by atoms with van der Waals surface area (Å²) in [5, 5.41) is 3.71. The molecule has 1 aromatic carbocycles. The lowest BCUT2D eigenvalue weighted by molar-refractivity contribution is -0.118. The second-order valence-electron chi connectivity index (χ2n) is 6.32. The zero-order chi connectivity index (χ0) is 13.9. The molecule has 0 heterocycles. The third-order valence-corrected chi connectivity index (χ3v) is 4.99.